The Balaban J connectivity index is 3.60. The van der Waals surface area contributed by atoms with Gasteiger partial charge < -0.3 is 4.74 Å². The monoisotopic (exact) mass is 198 g/mol. The summed E-state index contributed by atoms with van der Waals surface area (Å²) in [6.45, 7) is 6.46. The maximum absolute atomic E-state index is 11.0. The van der Waals surface area contributed by atoms with Crippen LogP contribution in [-0.4, -0.2) is 12.6 Å². The molecule has 0 aliphatic rings. The number of esters is 1. The maximum Gasteiger partial charge on any atom is 0.330 e. The van der Waals surface area contributed by atoms with Crippen molar-refractivity contribution in [1.29, 1.82) is 0 Å². The average Bonchev–Trinajstić information content (AvgIpc) is 2.13. The second-order valence-corrected chi connectivity index (χ2v) is 3.55. The van der Waals surface area contributed by atoms with Crippen LogP contribution in [0.2, 0.25) is 0 Å². The lowest BCUT2D eigenvalue weighted by molar-refractivity contribution is -0.137. The van der Waals surface area contributed by atoms with E-state index in [9.17, 15) is 4.79 Å². The van der Waals surface area contributed by atoms with E-state index in [2.05, 4.69) is 6.92 Å². The standard InChI is InChI=1S/C12H22O2/c1-4-6-7-8-9-11(3)10-12(13)14-5-2/h10H,4-9H2,1-3H3/b11-10+. The number of carbonyl (C=O) groups is 1. The van der Waals surface area contributed by atoms with E-state index in [4.69, 9.17) is 4.74 Å². The van der Waals surface area contributed by atoms with E-state index in [1.165, 1.54) is 25.7 Å². The predicted octanol–water partition coefficient (Wildman–Crippen LogP) is 3.47. The highest BCUT2D eigenvalue weighted by Gasteiger charge is 1.97. The fourth-order valence-corrected chi connectivity index (χ4v) is 1.29. The van der Waals surface area contributed by atoms with Gasteiger partial charge in [0.1, 0.15) is 0 Å². The normalized spacial score (nSPS) is 11.5. The van der Waals surface area contributed by atoms with Crippen molar-refractivity contribution in [3.8, 4) is 0 Å². The molecule has 0 heterocycles. The van der Waals surface area contributed by atoms with Crippen LogP contribution in [0.25, 0.3) is 0 Å². The quantitative estimate of drug-likeness (QED) is 0.356. The van der Waals surface area contributed by atoms with Crippen molar-refractivity contribution in [3.05, 3.63) is 11.6 Å². The highest BCUT2D eigenvalue weighted by Crippen LogP contribution is 2.09. The third-order valence-corrected chi connectivity index (χ3v) is 2.08. The second-order valence-electron chi connectivity index (χ2n) is 3.55. The van der Waals surface area contributed by atoms with E-state index in [0.717, 1.165) is 12.0 Å². The first kappa shape index (κ1) is 13.2. The molecule has 0 unspecified atom stereocenters. The zero-order valence-corrected chi connectivity index (χ0v) is 9.64. The van der Waals surface area contributed by atoms with Crippen molar-refractivity contribution >= 4 is 5.97 Å². The van der Waals surface area contributed by atoms with Crippen LogP contribution in [0.5, 0.6) is 0 Å². The summed E-state index contributed by atoms with van der Waals surface area (Å²) < 4.78 is 4.82. The second kappa shape index (κ2) is 8.79. The van der Waals surface area contributed by atoms with E-state index in [1.54, 1.807) is 6.08 Å². The van der Waals surface area contributed by atoms with Crippen LogP contribution in [0.3, 0.4) is 0 Å². The molecule has 0 saturated carbocycles. The minimum absolute atomic E-state index is 0.208. The summed E-state index contributed by atoms with van der Waals surface area (Å²) in [6.07, 6.45) is 7.58. The molecule has 0 N–H and O–H groups in total. The van der Waals surface area contributed by atoms with Gasteiger partial charge in [-0.2, -0.15) is 0 Å². The van der Waals surface area contributed by atoms with Crippen molar-refractivity contribution in [2.45, 2.75) is 52.9 Å². The van der Waals surface area contributed by atoms with Crippen molar-refractivity contribution in [2.75, 3.05) is 6.61 Å². The largest absolute Gasteiger partial charge is 0.463 e. The van der Waals surface area contributed by atoms with Gasteiger partial charge in [-0.15, -0.1) is 0 Å². The van der Waals surface area contributed by atoms with Gasteiger partial charge in [-0.05, 0) is 26.7 Å². The lowest BCUT2D eigenvalue weighted by Gasteiger charge is -2.01. The molecule has 14 heavy (non-hydrogen) atoms. The van der Waals surface area contributed by atoms with Gasteiger partial charge in [0.25, 0.3) is 0 Å². The minimum atomic E-state index is -0.208. The lowest BCUT2D eigenvalue weighted by atomic mass is 10.1. The van der Waals surface area contributed by atoms with Crippen LogP contribution in [-0.2, 0) is 9.53 Å². The van der Waals surface area contributed by atoms with Crippen LogP contribution in [0, 0.1) is 0 Å². The van der Waals surface area contributed by atoms with Gasteiger partial charge in [-0.25, -0.2) is 4.79 Å². The summed E-state index contributed by atoms with van der Waals surface area (Å²) in [5.41, 5.74) is 1.12. The molecule has 0 aliphatic carbocycles. The summed E-state index contributed by atoms with van der Waals surface area (Å²) >= 11 is 0. The van der Waals surface area contributed by atoms with E-state index in [-0.39, 0.29) is 5.97 Å². The third-order valence-electron chi connectivity index (χ3n) is 2.08. The molecule has 0 aromatic rings. The van der Waals surface area contributed by atoms with Gasteiger partial charge >= 0.3 is 5.97 Å². The summed E-state index contributed by atoms with van der Waals surface area (Å²) in [5, 5.41) is 0. The molecule has 2 heteroatoms. The highest BCUT2D eigenvalue weighted by atomic mass is 16.5. The van der Waals surface area contributed by atoms with E-state index >= 15 is 0 Å². The number of hydrogen-bond donors (Lipinski definition) is 0. The summed E-state index contributed by atoms with van der Waals surface area (Å²) in [7, 11) is 0. The van der Waals surface area contributed by atoms with Gasteiger partial charge in [-0.3, -0.25) is 0 Å². The van der Waals surface area contributed by atoms with Crippen LogP contribution >= 0.6 is 0 Å². The Kier molecular flexibility index (Phi) is 8.30. The van der Waals surface area contributed by atoms with Crippen molar-refractivity contribution in [2.24, 2.45) is 0 Å². The van der Waals surface area contributed by atoms with Gasteiger partial charge in [0, 0.05) is 6.08 Å². The number of unbranched alkanes of at least 4 members (excludes halogenated alkanes) is 3. The topological polar surface area (TPSA) is 26.3 Å². The van der Waals surface area contributed by atoms with Crippen LogP contribution in [0.15, 0.2) is 11.6 Å². The third kappa shape index (κ3) is 7.84. The number of carbonyl (C=O) groups excluding carboxylic acids is 1. The summed E-state index contributed by atoms with van der Waals surface area (Å²) in [6, 6.07) is 0. The fourth-order valence-electron chi connectivity index (χ4n) is 1.29. The average molecular weight is 198 g/mol. The highest BCUT2D eigenvalue weighted by molar-refractivity contribution is 5.82. The molecule has 0 fully saturated rings. The Bertz CT molecular complexity index is 183. The first-order valence-electron chi connectivity index (χ1n) is 5.54. The smallest absolute Gasteiger partial charge is 0.330 e. The van der Waals surface area contributed by atoms with Crippen LogP contribution < -0.4 is 0 Å². The summed E-state index contributed by atoms with van der Waals surface area (Å²) in [5.74, 6) is -0.208. The molecule has 82 valence electrons. The molecule has 0 aromatic heterocycles. The SMILES string of the molecule is CCCCCC/C(C)=C/C(=O)OCC. The zero-order chi connectivity index (χ0) is 10.8. The molecule has 0 bridgehead atoms. The Morgan fingerprint density at radius 2 is 1.93 bits per heavy atom. The molecule has 0 spiro atoms. The molecule has 0 aromatic carbocycles. The lowest BCUT2D eigenvalue weighted by Crippen LogP contribution is -2.00. The predicted molar refractivity (Wildman–Crippen MR) is 59.1 cm³/mol. The Morgan fingerprint density at radius 3 is 2.50 bits per heavy atom. The first-order valence-corrected chi connectivity index (χ1v) is 5.54. The Morgan fingerprint density at radius 1 is 1.21 bits per heavy atom. The number of allylic oxidation sites excluding steroid dienone is 1. The number of hydrogen-bond acceptors (Lipinski definition) is 2. The van der Waals surface area contributed by atoms with E-state index in [0.29, 0.717) is 6.61 Å². The first-order chi connectivity index (χ1) is 6.70. The van der Waals surface area contributed by atoms with Crippen molar-refractivity contribution in [1.82, 2.24) is 0 Å². The molecular weight excluding hydrogens is 176 g/mol. The Labute approximate surface area is 87.3 Å². The van der Waals surface area contributed by atoms with Crippen LogP contribution in [0.4, 0.5) is 0 Å². The van der Waals surface area contributed by atoms with E-state index < -0.39 is 0 Å². The molecule has 0 radical (unpaired) electrons. The van der Waals surface area contributed by atoms with E-state index in [1.807, 2.05) is 13.8 Å². The zero-order valence-electron chi connectivity index (χ0n) is 9.64. The molecule has 0 saturated heterocycles. The van der Waals surface area contributed by atoms with Crippen molar-refractivity contribution in [3.63, 3.8) is 0 Å². The van der Waals surface area contributed by atoms with Crippen molar-refractivity contribution < 1.29 is 9.53 Å². The van der Waals surface area contributed by atoms with Gasteiger partial charge in [0.15, 0.2) is 0 Å². The summed E-state index contributed by atoms with van der Waals surface area (Å²) in [4.78, 5) is 11.0. The minimum Gasteiger partial charge on any atom is -0.463 e. The number of ether oxygens (including phenoxy) is 1. The molecule has 0 rings (SSSR count). The molecule has 2 nitrogen and oxygen atoms in total. The molecule has 0 atom stereocenters. The fraction of sp³-hybridized carbons (Fsp3) is 0.750. The maximum atomic E-state index is 11.0. The molecule has 0 amide bonds. The van der Waals surface area contributed by atoms with Gasteiger partial charge in [-0.1, -0.05) is 31.8 Å². The Hall–Kier alpha value is -0.790. The molecule has 0 aliphatic heterocycles. The van der Waals surface area contributed by atoms with Gasteiger partial charge in [0.2, 0.25) is 0 Å². The molecular formula is C12H22O2. The number of rotatable bonds is 7. The van der Waals surface area contributed by atoms with Crippen LogP contribution in [0.1, 0.15) is 52.9 Å². The van der Waals surface area contributed by atoms with Gasteiger partial charge in [0.05, 0.1) is 6.61 Å².